The lowest BCUT2D eigenvalue weighted by atomic mass is 10.2. The van der Waals surface area contributed by atoms with E-state index in [1.807, 2.05) is 36.4 Å². The smallest absolute Gasteiger partial charge is 0.145 e. The molecule has 0 saturated carbocycles. The number of anilines is 1. The van der Waals surface area contributed by atoms with Crippen molar-refractivity contribution in [3.8, 4) is 17.2 Å². The van der Waals surface area contributed by atoms with Crippen LogP contribution in [0.3, 0.4) is 0 Å². The number of rotatable bonds is 5. The van der Waals surface area contributed by atoms with Crippen molar-refractivity contribution in [2.24, 2.45) is 0 Å². The Morgan fingerprint density at radius 1 is 1.11 bits per heavy atom. The zero-order chi connectivity index (χ0) is 13.7. The predicted molar refractivity (Wildman–Crippen MR) is 85.9 cm³/mol. The molecule has 0 heterocycles. The van der Waals surface area contributed by atoms with E-state index in [4.69, 9.17) is 15.2 Å². The Kier molecular flexibility index (Phi) is 4.90. The highest BCUT2D eigenvalue weighted by Crippen LogP contribution is 2.31. The van der Waals surface area contributed by atoms with Crippen LogP contribution in [0.25, 0.3) is 0 Å². The van der Waals surface area contributed by atoms with Gasteiger partial charge in [-0.05, 0) is 53.3 Å². The number of nitrogen functional groups attached to an aromatic ring is 1. The molecule has 4 heteroatoms. The summed E-state index contributed by atoms with van der Waals surface area (Å²) >= 11 is 2.24. The molecule has 3 nitrogen and oxygen atoms in total. The fraction of sp³-hybridized carbons (Fsp3) is 0.200. The summed E-state index contributed by atoms with van der Waals surface area (Å²) in [4.78, 5) is 0. The lowest BCUT2D eigenvalue weighted by molar-refractivity contribution is 0.317. The van der Waals surface area contributed by atoms with Crippen LogP contribution in [0.2, 0.25) is 0 Å². The van der Waals surface area contributed by atoms with Gasteiger partial charge in [0.05, 0.1) is 15.9 Å². The van der Waals surface area contributed by atoms with Gasteiger partial charge in [-0.25, -0.2) is 0 Å². The number of ether oxygens (including phenoxy) is 2. The fourth-order valence-electron chi connectivity index (χ4n) is 1.57. The van der Waals surface area contributed by atoms with Gasteiger partial charge < -0.3 is 15.2 Å². The summed E-state index contributed by atoms with van der Waals surface area (Å²) < 4.78 is 12.5. The van der Waals surface area contributed by atoms with Gasteiger partial charge in [-0.1, -0.05) is 19.1 Å². The first-order chi connectivity index (χ1) is 9.20. The summed E-state index contributed by atoms with van der Waals surface area (Å²) in [7, 11) is 0. The highest BCUT2D eigenvalue weighted by atomic mass is 127. The molecule has 0 unspecified atom stereocenters. The quantitative estimate of drug-likeness (QED) is 0.626. The minimum atomic E-state index is 0.628. The number of halogens is 1. The molecule has 2 aromatic carbocycles. The van der Waals surface area contributed by atoms with Gasteiger partial charge in [0.2, 0.25) is 0 Å². The average molecular weight is 369 g/mol. The molecule has 0 aliphatic carbocycles. The minimum Gasteiger partial charge on any atom is -0.491 e. The van der Waals surface area contributed by atoms with Crippen molar-refractivity contribution in [1.29, 1.82) is 0 Å². The lowest BCUT2D eigenvalue weighted by Crippen LogP contribution is -1.99. The van der Waals surface area contributed by atoms with Gasteiger partial charge in [0.25, 0.3) is 0 Å². The summed E-state index contributed by atoms with van der Waals surface area (Å²) in [5, 5.41) is 0. The van der Waals surface area contributed by atoms with Crippen LogP contribution in [-0.2, 0) is 0 Å². The maximum atomic E-state index is 5.87. The van der Waals surface area contributed by atoms with Crippen LogP contribution in [0.5, 0.6) is 17.2 Å². The maximum absolute atomic E-state index is 5.87. The SMILES string of the molecule is CCCOc1cc(Oc2ccccc2I)ccc1N. The van der Waals surface area contributed by atoms with Crippen LogP contribution >= 0.6 is 22.6 Å². The Morgan fingerprint density at radius 2 is 1.89 bits per heavy atom. The summed E-state index contributed by atoms with van der Waals surface area (Å²) in [6.07, 6.45) is 0.946. The van der Waals surface area contributed by atoms with Gasteiger partial charge in [0.15, 0.2) is 0 Å². The van der Waals surface area contributed by atoms with Crippen molar-refractivity contribution in [3.05, 3.63) is 46.0 Å². The summed E-state index contributed by atoms with van der Waals surface area (Å²) in [6.45, 7) is 2.71. The van der Waals surface area contributed by atoms with Gasteiger partial charge in [-0.3, -0.25) is 0 Å². The van der Waals surface area contributed by atoms with Gasteiger partial charge in [-0.2, -0.15) is 0 Å². The summed E-state index contributed by atoms with van der Waals surface area (Å²) in [5.41, 5.74) is 6.50. The number of hydrogen-bond acceptors (Lipinski definition) is 3. The van der Waals surface area contributed by atoms with Gasteiger partial charge in [0.1, 0.15) is 17.2 Å². The van der Waals surface area contributed by atoms with Crippen molar-refractivity contribution < 1.29 is 9.47 Å². The third-order valence-corrected chi connectivity index (χ3v) is 3.40. The van der Waals surface area contributed by atoms with E-state index >= 15 is 0 Å². The molecule has 2 rings (SSSR count). The van der Waals surface area contributed by atoms with E-state index in [0.717, 1.165) is 21.5 Å². The Balaban J connectivity index is 2.19. The van der Waals surface area contributed by atoms with Gasteiger partial charge in [0, 0.05) is 6.07 Å². The molecule has 0 fully saturated rings. The molecular formula is C15H16INO2. The zero-order valence-corrected chi connectivity index (χ0v) is 12.9. The number of para-hydroxylation sites is 1. The number of benzene rings is 2. The standard InChI is InChI=1S/C15H16INO2/c1-2-9-18-15-10-11(7-8-13(15)17)19-14-6-4-3-5-12(14)16/h3-8,10H,2,9,17H2,1H3. The molecule has 2 N–H and O–H groups in total. The predicted octanol–water partition coefficient (Wildman–Crippen LogP) is 4.45. The second kappa shape index (κ2) is 6.65. The van der Waals surface area contributed by atoms with E-state index < -0.39 is 0 Å². The van der Waals surface area contributed by atoms with Crippen molar-refractivity contribution in [1.82, 2.24) is 0 Å². The second-order valence-corrected chi connectivity index (χ2v) is 5.24. The molecule has 100 valence electrons. The van der Waals surface area contributed by atoms with Crippen molar-refractivity contribution in [2.45, 2.75) is 13.3 Å². The zero-order valence-electron chi connectivity index (χ0n) is 10.7. The Bertz CT molecular complexity index is 558. The normalized spacial score (nSPS) is 10.2. The molecule has 0 aliphatic rings. The fourth-order valence-corrected chi connectivity index (χ4v) is 2.07. The molecule has 0 bridgehead atoms. The summed E-state index contributed by atoms with van der Waals surface area (Å²) in [6, 6.07) is 13.3. The van der Waals surface area contributed by atoms with E-state index in [1.54, 1.807) is 6.07 Å². The second-order valence-electron chi connectivity index (χ2n) is 4.08. The highest BCUT2D eigenvalue weighted by molar-refractivity contribution is 14.1. The van der Waals surface area contributed by atoms with Crippen LogP contribution < -0.4 is 15.2 Å². The van der Waals surface area contributed by atoms with Crippen molar-refractivity contribution in [2.75, 3.05) is 12.3 Å². The average Bonchev–Trinajstić information content (AvgIpc) is 2.42. The van der Waals surface area contributed by atoms with E-state index in [0.29, 0.717) is 18.0 Å². The van der Waals surface area contributed by atoms with E-state index in [-0.39, 0.29) is 0 Å². The first-order valence-corrected chi connectivity index (χ1v) is 7.23. The lowest BCUT2D eigenvalue weighted by Gasteiger charge is -2.11. The maximum Gasteiger partial charge on any atom is 0.145 e. The minimum absolute atomic E-state index is 0.628. The number of hydrogen-bond donors (Lipinski definition) is 1. The number of nitrogens with two attached hydrogens (primary N) is 1. The topological polar surface area (TPSA) is 44.5 Å². The molecule has 0 spiro atoms. The van der Waals surface area contributed by atoms with Crippen LogP contribution in [0.15, 0.2) is 42.5 Å². The largest absolute Gasteiger partial charge is 0.491 e. The highest BCUT2D eigenvalue weighted by Gasteiger charge is 2.06. The molecule has 0 amide bonds. The van der Waals surface area contributed by atoms with Crippen molar-refractivity contribution in [3.63, 3.8) is 0 Å². The van der Waals surface area contributed by atoms with Gasteiger partial charge >= 0.3 is 0 Å². The third-order valence-electron chi connectivity index (χ3n) is 2.51. The molecule has 19 heavy (non-hydrogen) atoms. The Labute approximate surface area is 126 Å². The molecule has 0 radical (unpaired) electrons. The molecule has 0 aliphatic heterocycles. The van der Waals surface area contributed by atoms with Crippen LogP contribution in [-0.4, -0.2) is 6.61 Å². The van der Waals surface area contributed by atoms with Crippen LogP contribution in [0.1, 0.15) is 13.3 Å². The van der Waals surface area contributed by atoms with E-state index in [2.05, 4.69) is 29.5 Å². The molecule has 0 atom stereocenters. The van der Waals surface area contributed by atoms with Crippen LogP contribution in [0.4, 0.5) is 5.69 Å². The molecular weight excluding hydrogens is 353 g/mol. The molecule has 2 aromatic rings. The molecule has 0 saturated heterocycles. The van der Waals surface area contributed by atoms with Gasteiger partial charge in [-0.15, -0.1) is 0 Å². The Morgan fingerprint density at radius 3 is 2.63 bits per heavy atom. The first-order valence-electron chi connectivity index (χ1n) is 6.15. The first kappa shape index (κ1) is 14.0. The third kappa shape index (κ3) is 3.76. The van der Waals surface area contributed by atoms with Crippen molar-refractivity contribution >= 4 is 28.3 Å². The summed E-state index contributed by atoms with van der Waals surface area (Å²) in [5.74, 6) is 2.23. The monoisotopic (exact) mass is 369 g/mol. The molecule has 0 aromatic heterocycles. The Hall–Kier alpha value is -1.43. The van der Waals surface area contributed by atoms with E-state index in [9.17, 15) is 0 Å². The van der Waals surface area contributed by atoms with E-state index in [1.165, 1.54) is 0 Å². The van der Waals surface area contributed by atoms with Crippen LogP contribution in [0, 0.1) is 3.57 Å².